The molecule has 0 saturated carbocycles. The summed E-state index contributed by atoms with van der Waals surface area (Å²) in [6, 6.07) is 8.96. The van der Waals surface area contributed by atoms with E-state index in [1.54, 1.807) is 31.2 Å². The Morgan fingerprint density at radius 3 is 2.50 bits per heavy atom. The lowest BCUT2D eigenvalue weighted by Gasteiger charge is -2.16. The fraction of sp³-hybridized carbons (Fsp3) is 0.300. The molecule has 0 spiro atoms. The predicted molar refractivity (Wildman–Crippen MR) is 65.5 cm³/mol. The summed E-state index contributed by atoms with van der Waals surface area (Å²) in [5, 5.41) is 0. The van der Waals surface area contributed by atoms with Gasteiger partial charge in [0.1, 0.15) is 0 Å². The smallest absolute Gasteiger partial charge is 0.340 e. The summed E-state index contributed by atoms with van der Waals surface area (Å²) in [5.41, 5.74) is 0.676. The first-order valence-corrected chi connectivity index (χ1v) is 7.72. The molecule has 0 amide bonds. The summed E-state index contributed by atoms with van der Waals surface area (Å²) in [6.07, 6.45) is -0.859. The lowest BCUT2D eigenvalue weighted by Crippen LogP contribution is -2.16. The van der Waals surface area contributed by atoms with Gasteiger partial charge in [-0.15, -0.1) is 0 Å². The molecule has 0 fully saturated rings. The van der Waals surface area contributed by atoms with Gasteiger partial charge in [-0.05, 0) is 35.0 Å². The molecule has 3 nitrogen and oxygen atoms in total. The molecule has 0 radical (unpaired) electrons. The Hall–Kier alpha value is -0.340. The molecule has 0 bridgehead atoms. The van der Waals surface area contributed by atoms with Gasteiger partial charge >= 0.3 is 5.97 Å². The topological polar surface area (TPSA) is 35.5 Å². The zero-order valence-corrected chi connectivity index (χ0v) is 11.0. The Labute approximate surface area is 105 Å². The number of ether oxygens (including phenoxy) is 1. The van der Waals surface area contributed by atoms with Crippen molar-refractivity contribution in [3.8, 4) is 0 Å². The van der Waals surface area contributed by atoms with Gasteiger partial charge in [-0.25, -0.2) is 4.79 Å². The first-order chi connectivity index (χ1) is 7.65. The number of hydrogen-bond acceptors (Lipinski definition) is 3. The van der Waals surface area contributed by atoms with Crippen LogP contribution in [0.2, 0.25) is 0 Å². The second kappa shape index (κ2) is 7.08. The third kappa shape index (κ3) is 4.26. The second-order valence-electron chi connectivity index (χ2n) is 2.85. The Morgan fingerprint density at radius 2 is 2.00 bits per heavy atom. The SMILES string of the molecule is CCOC(=O)[C@@H](OP(Cl)Cl)c1ccccc1. The summed E-state index contributed by atoms with van der Waals surface area (Å²) in [6.45, 7) is 0.349. The highest BCUT2D eigenvalue weighted by molar-refractivity contribution is 8.00. The molecule has 0 aromatic heterocycles. The number of halogens is 2. The fourth-order valence-corrected chi connectivity index (χ4v) is 2.01. The van der Waals surface area contributed by atoms with Crippen molar-refractivity contribution in [1.82, 2.24) is 0 Å². The molecule has 0 N–H and O–H groups in total. The van der Waals surface area contributed by atoms with Crippen molar-refractivity contribution < 1.29 is 14.1 Å². The summed E-state index contributed by atoms with van der Waals surface area (Å²) in [5.74, 6) is -0.484. The summed E-state index contributed by atoms with van der Waals surface area (Å²) >= 11 is 11.1. The number of carbonyl (C=O) groups is 1. The van der Waals surface area contributed by atoms with E-state index in [1.165, 1.54) is 0 Å². The Balaban J connectivity index is 2.83. The van der Waals surface area contributed by atoms with Gasteiger partial charge < -0.3 is 9.26 Å². The molecule has 0 aliphatic carbocycles. The van der Waals surface area contributed by atoms with Crippen molar-refractivity contribution in [2.24, 2.45) is 0 Å². The Bertz CT molecular complexity index is 332. The van der Waals surface area contributed by atoms with Gasteiger partial charge in [0.15, 0.2) is 6.10 Å². The zero-order chi connectivity index (χ0) is 12.0. The van der Waals surface area contributed by atoms with Crippen molar-refractivity contribution in [3.05, 3.63) is 35.9 Å². The van der Waals surface area contributed by atoms with Gasteiger partial charge in [-0.1, -0.05) is 30.3 Å². The van der Waals surface area contributed by atoms with Crippen LogP contribution in [0.1, 0.15) is 18.6 Å². The second-order valence-corrected chi connectivity index (χ2v) is 5.83. The first-order valence-electron chi connectivity index (χ1n) is 4.65. The van der Waals surface area contributed by atoms with E-state index in [4.69, 9.17) is 31.7 Å². The number of benzene rings is 1. The highest BCUT2D eigenvalue weighted by atomic mass is 35.9. The minimum Gasteiger partial charge on any atom is -0.464 e. The highest BCUT2D eigenvalue weighted by Crippen LogP contribution is 2.51. The molecule has 1 aromatic rings. The lowest BCUT2D eigenvalue weighted by molar-refractivity contribution is -0.151. The third-order valence-corrected chi connectivity index (χ3v) is 2.64. The number of esters is 1. The van der Waals surface area contributed by atoms with Crippen LogP contribution in [-0.4, -0.2) is 12.6 Å². The van der Waals surface area contributed by atoms with Gasteiger partial charge in [-0.3, -0.25) is 0 Å². The number of rotatable bonds is 5. The van der Waals surface area contributed by atoms with Crippen LogP contribution in [0.5, 0.6) is 0 Å². The van der Waals surface area contributed by atoms with Gasteiger partial charge in [0, 0.05) is 0 Å². The fourth-order valence-electron chi connectivity index (χ4n) is 1.17. The van der Waals surface area contributed by atoms with E-state index in [2.05, 4.69) is 0 Å². The van der Waals surface area contributed by atoms with E-state index in [0.29, 0.717) is 5.56 Å². The van der Waals surface area contributed by atoms with Crippen LogP contribution < -0.4 is 0 Å². The predicted octanol–water partition coefficient (Wildman–Crippen LogP) is 4.01. The minimum absolute atomic E-state index is 0.286. The van der Waals surface area contributed by atoms with E-state index in [9.17, 15) is 4.79 Å². The molecular weight excluding hydrogens is 270 g/mol. The Kier molecular flexibility index (Phi) is 6.07. The normalized spacial score (nSPS) is 12.5. The molecule has 1 rings (SSSR count). The average Bonchev–Trinajstić information content (AvgIpc) is 2.27. The largest absolute Gasteiger partial charge is 0.464 e. The number of carbonyl (C=O) groups excluding carboxylic acids is 1. The lowest BCUT2D eigenvalue weighted by atomic mass is 10.1. The molecule has 0 unspecified atom stereocenters. The van der Waals surface area contributed by atoms with E-state index >= 15 is 0 Å². The van der Waals surface area contributed by atoms with Gasteiger partial charge in [0.25, 0.3) is 0 Å². The minimum atomic E-state index is -1.66. The zero-order valence-electron chi connectivity index (χ0n) is 8.60. The molecule has 88 valence electrons. The molecule has 1 aromatic carbocycles. The average molecular weight is 281 g/mol. The monoisotopic (exact) mass is 280 g/mol. The van der Waals surface area contributed by atoms with E-state index in [0.717, 1.165) is 0 Å². The quantitative estimate of drug-likeness (QED) is 0.604. The van der Waals surface area contributed by atoms with Crippen molar-refractivity contribution in [3.63, 3.8) is 0 Å². The molecule has 0 heterocycles. The van der Waals surface area contributed by atoms with Crippen LogP contribution in [0.4, 0.5) is 0 Å². The van der Waals surface area contributed by atoms with Crippen LogP contribution in [-0.2, 0) is 14.1 Å². The summed E-state index contributed by atoms with van der Waals surface area (Å²) in [7, 11) is 0. The molecule has 6 heteroatoms. The number of hydrogen-bond donors (Lipinski definition) is 0. The highest BCUT2D eigenvalue weighted by Gasteiger charge is 2.25. The summed E-state index contributed by atoms with van der Waals surface area (Å²) in [4.78, 5) is 11.6. The molecular formula is C10H11Cl2O3P. The molecule has 0 aliphatic heterocycles. The first kappa shape index (κ1) is 13.7. The molecule has 0 saturated heterocycles. The van der Waals surface area contributed by atoms with Gasteiger partial charge in [0.2, 0.25) is 6.85 Å². The van der Waals surface area contributed by atoms with Crippen LogP contribution >= 0.6 is 29.3 Å². The van der Waals surface area contributed by atoms with Crippen LogP contribution in [0, 0.1) is 0 Å². The molecule has 16 heavy (non-hydrogen) atoms. The van der Waals surface area contributed by atoms with Gasteiger partial charge in [-0.2, -0.15) is 0 Å². The van der Waals surface area contributed by atoms with Crippen LogP contribution in [0.3, 0.4) is 0 Å². The van der Waals surface area contributed by atoms with Crippen LogP contribution in [0.25, 0.3) is 0 Å². The van der Waals surface area contributed by atoms with E-state index < -0.39 is 18.9 Å². The van der Waals surface area contributed by atoms with Crippen molar-refractivity contribution >= 4 is 35.3 Å². The van der Waals surface area contributed by atoms with E-state index in [1.807, 2.05) is 6.07 Å². The third-order valence-electron chi connectivity index (χ3n) is 1.79. The van der Waals surface area contributed by atoms with Crippen molar-refractivity contribution in [1.29, 1.82) is 0 Å². The van der Waals surface area contributed by atoms with Crippen molar-refractivity contribution in [2.75, 3.05) is 6.61 Å². The maximum absolute atomic E-state index is 11.6. The van der Waals surface area contributed by atoms with E-state index in [-0.39, 0.29) is 6.61 Å². The standard InChI is InChI=1S/C10H11Cl2O3P/c1-2-14-10(13)9(15-16(11)12)8-6-4-3-5-7-8/h3-7,9H,2H2,1H3/t9-/m0/s1. The van der Waals surface area contributed by atoms with Crippen LogP contribution in [0.15, 0.2) is 30.3 Å². The Morgan fingerprint density at radius 1 is 1.38 bits per heavy atom. The molecule has 1 atom stereocenters. The maximum atomic E-state index is 11.6. The van der Waals surface area contributed by atoms with Gasteiger partial charge in [0.05, 0.1) is 6.61 Å². The summed E-state index contributed by atoms with van der Waals surface area (Å²) < 4.78 is 10.1. The van der Waals surface area contributed by atoms with Crippen molar-refractivity contribution in [2.45, 2.75) is 13.0 Å². The molecule has 0 aliphatic rings. The maximum Gasteiger partial charge on any atom is 0.340 e.